The Morgan fingerprint density at radius 2 is 1.34 bits per heavy atom. The predicted octanol–water partition coefficient (Wildman–Crippen LogP) is 2.18. The monoisotopic (exact) mass is 534 g/mol. The third-order valence-corrected chi connectivity index (χ3v) is 6.01. The van der Waals surface area contributed by atoms with Crippen molar-refractivity contribution in [2.24, 2.45) is 0 Å². The third-order valence-electron chi connectivity index (χ3n) is 6.01. The number of esters is 4. The van der Waals surface area contributed by atoms with Gasteiger partial charge in [0.2, 0.25) is 12.4 Å². The van der Waals surface area contributed by atoms with Crippen LogP contribution in [0.5, 0.6) is 5.75 Å². The van der Waals surface area contributed by atoms with Crippen molar-refractivity contribution < 1.29 is 52.0 Å². The van der Waals surface area contributed by atoms with E-state index in [0.717, 1.165) is 26.3 Å². The summed E-state index contributed by atoms with van der Waals surface area (Å²) in [6, 6.07) is 3.33. The summed E-state index contributed by atoms with van der Waals surface area (Å²) >= 11 is 0. The van der Waals surface area contributed by atoms with Gasteiger partial charge in [-0.2, -0.15) is 0 Å². The predicted molar refractivity (Wildman–Crippen MR) is 129 cm³/mol. The van der Waals surface area contributed by atoms with E-state index in [1.54, 1.807) is 32.9 Å². The van der Waals surface area contributed by atoms with Gasteiger partial charge in [-0.1, -0.05) is 0 Å². The Morgan fingerprint density at radius 3 is 1.92 bits per heavy atom. The van der Waals surface area contributed by atoms with E-state index in [1.807, 2.05) is 0 Å². The van der Waals surface area contributed by atoms with Crippen molar-refractivity contribution in [3.63, 3.8) is 0 Å². The lowest BCUT2D eigenvalue weighted by atomic mass is 9.98. The van der Waals surface area contributed by atoms with Crippen LogP contribution in [-0.2, 0) is 42.9 Å². The van der Waals surface area contributed by atoms with Crippen LogP contribution in [0.2, 0.25) is 0 Å². The molecule has 0 spiro atoms. The molecule has 0 amide bonds. The smallest absolute Gasteiger partial charge is 0.339 e. The van der Waals surface area contributed by atoms with E-state index in [9.17, 15) is 24.0 Å². The van der Waals surface area contributed by atoms with Gasteiger partial charge in [-0.15, -0.1) is 0 Å². The van der Waals surface area contributed by atoms with Gasteiger partial charge in [-0.25, -0.2) is 4.79 Å². The summed E-state index contributed by atoms with van der Waals surface area (Å²) in [5, 5.41) is 0.702. The highest BCUT2D eigenvalue weighted by atomic mass is 16.7. The number of aryl methyl sites for hydroxylation is 2. The summed E-state index contributed by atoms with van der Waals surface area (Å²) < 4.78 is 38.8. The molecule has 12 heteroatoms. The first-order valence-electron chi connectivity index (χ1n) is 11.8. The molecular weight excluding hydrogens is 504 g/mol. The van der Waals surface area contributed by atoms with Gasteiger partial charge in [0.15, 0.2) is 12.2 Å². The number of carbonyl (C=O) groups excluding carboxylic acids is 4. The SMILES string of the molecule is CC(=O)OCC1OC(Oc2ccc3c(C)c(C)c(=O)oc3c2C)C(OC(C)=O)C(OC(C)=O)C1OC(C)=O. The Balaban J connectivity index is 2.09. The standard InChI is InChI=1S/C26H30O12/c1-11-12(2)25(31)38-21-13(3)19(9-8-18(11)21)36-26-24(35-17(7)30)23(34-16(6)29)22(33-15(5)28)20(37-26)10-32-14(4)27/h8-9,20,22-24,26H,10H2,1-7H3. The van der Waals surface area contributed by atoms with Crippen molar-refractivity contribution in [3.05, 3.63) is 39.2 Å². The summed E-state index contributed by atoms with van der Waals surface area (Å²) in [7, 11) is 0. The second-order valence-corrected chi connectivity index (χ2v) is 8.89. The van der Waals surface area contributed by atoms with E-state index in [-0.39, 0.29) is 12.4 Å². The summed E-state index contributed by atoms with van der Waals surface area (Å²) in [5.41, 5.74) is 1.47. The number of rotatable bonds is 7. The quantitative estimate of drug-likeness (QED) is 0.290. The van der Waals surface area contributed by atoms with Crippen LogP contribution in [0.25, 0.3) is 11.0 Å². The van der Waals surface area contributed by atoms with E-state index >= 15 is 0 Å². The van der Waals surface area contributed by atoms with E-state index in [4.69, 9.17) is 32.8 Å². The number of hydrogen-bond donors (Lipinski definition) is 0. The minimum absolute atomic E-state index is 0.213. The molecule has 0 radical (unpaired) electrons. The molecule has 0 bridgehead atoms. The maximum absolute atomic E-state index is 12.3. The molecule has 1 fully saturated rings. The van der Waals surface area contributed by atoms with E-state index in [2.05, 4.69) is 0 Å². The topological polar surface area (TPSA) is 154 Å². The maximum atomic E-state index is 12.3. The van der Waals surface area contributed by atoms with Crippen LogP contribution in [0.1, 0.15) is 44.4 Å². The fourth-order valence-corrected chi connectivity index (χ4v) is 4.16. The number of benzene rings is 1. The maximum Gasteiger partial charge on any atom is 0.339 e. The largest absolute Gasteiger partial charge is 0.463 e. The Hall–Kier alpha value is -3.93. The minimum Gasteiger partial charge on any atom is -0.463 e. The zero-order chi connectivity index (χ0) is 28.3. The molecule has 0 aliphatic carbocycles. The molecule has 1 saturated heterocycles. The van der Waals surface area contributed by atoms with Gasteiger partial charge in [0, 0.05) is 44.2 Å². The fourth-order valence-electron chi connectivity index (χ4n) is 4.16. The van der Waals surface area contributed by atoms with Crippen molar-refractivity contribution in [2.75, 3.05) is 6.61 Å². The molecule has 1 aliphatic rings. The highest BCUT2D eigenvalue weighted by Crippen LogP contribution is 2.34. The third kappa shape index (κ3) is 6.31. The van der Waals surface area contributed by atoms with Crippen LogP contribution >= 0.6 is 0 Å². The summed E-state index contributed by atoms with van der Waals surface area (Å²) in [6.07, 6.45) is -6.64. The number of hydrogen-bond acceptors (Lipinski definition) is 12. The average molecular weight is 535 g/mol. The van der Waals surface area contributed by atoms with Crippen LogP contribution in [0.4, 0.5) is 0 Å². The molecule has 5 atom stereocenters. The number of carbonyl (C=O) groups is 4. The lowest BCUT2D eigenvalue weighted by Crippen LogP contribution is -2.63. The molecule has 1 aliphatic heterocycles. The van der Waals surface area contributed by atoms with Gasteiger partial charge >= 0.3 is 29.5 Å². The Bertz CT molecular complexity index is 1310. The molecule has 1 aromatic carbocycles. The van der Waals surface area contributed by atoms with Crippen LogP contribution in [-0.4, -0.2) is 61.2 Å². The molecule has 12 nitrogen and oxygen atoms in total. The van der Waals surface area contributed by atoms with Crippen molar-refractivity contribution >= 4 is 34.8 Å². The molecule has 2 aromatic rings. The normalized spacial score (nSPS) is 22.9. The van der Waals surface area contributed by atoms with Crippen molar-refractivity contribution in [1.29, 1.82) is 0 Å². The lowest BCUT2D eigenvalue weighted by molar-refractivity contribution is -0.288. The molecule has 2 heterocycles. The van der Waals surface area contributed by atoms with Crippen LogP contribution in [0.15, 0.2) is 21.3 Å². The van der Waals surface area contributed by atoms with Gasteiger partial charge in [-0.05, 0) is 38.5 Å². The van der Waals surface area contributed by atoms with Crippen molar-refractivity contribution in [1.82, 2.24) is 0 Å². The highest BCUT2D eigenvalue weighted by molar-refractivity contribution is 5.85. The van der Waals surface area contributed by atoms with Crippen LogP contribution < -0.4 is 10.4 Å². The Kier molecular flexibility index (Phi) is 8.77. The van der Waals surface area contributed by atoms with Crippen LogP contribution in [0.3, 0.4) is 0 Å². The second-order valence-electron chi connectivity index (χ2n) is 8.89. The summed E-state index contributed by atoms with van der Waals surface area (Å²) in [5.74, 6) is -2.67. The Morgan fingerprint density at radius 1 is 0.763 bits per heavy atom. The number of ether oxygens (including phenoxy) is 6. The molecule has 3 rings (SSSR count). The minimum atomic E-state index is -1.41. The second kappa shape index (κ2) is 11.6. The molecule has 5 unspecified atom stereocenters. The lowest BCUT2D eigenvalue weighted by Gasteiger charge is -2.44. The first-order valence-corrected chi connectivity index (χ1v) is 11.8. The van der Waals surface area contributed by atoms with E-state index < -0.39 is 60.2 Å². The summed E-state index contributed by atoms with van der Waals surface area (Å²) in [4.78, 5) is 59.7. The molecule has 206 valence electrons. The zero-order valence-corrected chi connectivity index (χ0v) is 22.1. The molecule has 0 saturated carbocycles. The summed E-state index contributed by atoms with van der Waals surface area (Å²) in [6.45, 7) is 9.32. The molecular formula is C26H30O12. The van der Waals surface area contributed by atoms with Gasteiger partial charge in [-0.3, -0.25) is 19.2 Å². The van der Waals surface area contributed by atoms with Gasteiger partial charge in [0.1, 0.15) is 24.0 Å². The molecule has 38 heavy (non-hydrogen) atoms. The highest BCUT2D eigenvalue weighted by Gasteiger charge is 2.53. The zero-order valence-electron chi connectivity index (χ0n) is 22.1. The first kappa shape index (κ1) is 28.6. The van der Waals surface area contributed by atoms with Gasteiger partial charge in [0.25, 0.3) is 0 Å². The van der Waals surface area contributed by atoms with Gasteiger partial charge < -0.3 is 32.8 Å². The van der Waals surface area contributed by atoms with Crippen molar-refractivity contribution in [2.45, 2.75) is 79.2 Å². The van der Waals surface area contributed by atoms with Crippen molar-refractivity contribution in [3.8, 4) is 5.75 Å². The average Bonchev–Trinajstić information content (AvgIpc) is 2.81. The van der Waals surface area contributed by atoms with E-state index in [1.165, 1.54) is 6.92 Å². The molecule has 1 aromatic heterocycles. The fraction of sp³-hybridized carbons (Fsp3) is 0.500. The van der Waals surface area contributed by atoms with Crippen LogP contribution in [0, 0.1) is 20.8 Å². The Labute approximate surface area is 218 Å². The first-order chi connectivity index (χ1) is 17.8. The number of fused-ring (bicyclic) bond motifs is 1. The molecule has 0 N–H and O–H groups in total. The van der Waals surface area contributed by atoms with E-state index in [0.29, 0.717) is 22.1 Å². The van der Waals surface area contributed by atoms with Gasteiger partial charge in [0.05, 0.1) is 0 Å².